The summed E-state index contributed by atoms with van der Waals surface area (Å²) in [5, 5.41) is 3.36. The van der Waals surface area contributed by atoms with Gasteiger partial charge in [0.15, 0.2) is 0 Å². The van der Waals surface area contributed by atoms with Crippen LogP contribution in [0.5, 0.6) is 0 Å². The maximum atomic E-state index is 4.38. The van der Waals surface area contributed by atoms with Crippen molar-refractivity contribution >= 4 is 28.7 Å². The van der Waals surface area contributed by atoms with Gasteiger partial charge < -0.3 is 15.1 Å². The van der Waals surface area contributed by atoms with Gasteiger partial charge in [-0.15, -0.1) is 0 Å². The van der Waals surface area contributed by atoms with E-state index in [-0.39, 0.29) is 0 Å². The van der Waals surface area contributed by atoms with Gasteiger partial charge in [-0.2, -0.15) is 0 Å². The van der Waals surface area contributed by atoms with E-state index in [1.807, 2.05) is 36.2 Å². The Morgan fingerprint density at radius 1 is 0.846 bits per heavy atom. The minimum absolute atomic E-state index is 0.772. The first kappa shape index (κ1) is 17.7. The van der Waals surface area contributed by atoms with Crippen molar-refractivity contribution in [1.29, 1.82) is 0 Å². The topological polar surface area (TPSA) is 44.3 Å². The molecule has 5 heteroatoms. The Morgan fingerprint density at radius 2 is 1.54 bits per heavy atom. The molecule has 1 heterocycles. The highest BCUT2D eigenvalue weighted by molar-refractivity contribution is 5.65. The Labute approximate surface area is 155 Å². The fourth-order valence-corrected chi connectivity index (χ4v) is 2.87. The van der Waals surface area contributed by atoms with Crippen LogP contribution in [0.4, 0.5) is 28.7 Å². The summed E-state index contributed by atoms with van der Waals surface area (Å²) in [7, 11) is 2.00. The first-order chi connectivity index (χ1) is 12.7. The van der Waals surface area contributed by atoms with Gasteiger partial charge in [-0.1, -0.05) is 18.2 Å². The number of aromatic nitrogens is 2. The van der Waals surface area contributed by atoms with E-state index in [1.165, 1.54) is 5.69 Å². The van der Waals surface area contributed by atoms with Crippen LogP contribution in [0.1, 0.15) is 13.8 Å². The minimum atomic E-state index is 0.772. The van der Waals surface area contributed by atoms with Crippen molar-refractivity contribution in [3.8, 4) is 0 Å². The molecule has 3 rings (SSSR count). The molecule has 0 atom stereocenters. The first-order valence-electron chi connectivity index (χ1n) is 8.94. The average molecular weight is 347 g/mol. The molecule has 3 aromatic rings. The van der Waals surface area contributed by atoms with Crippen molar-refractivity contribution in [3.05, 3.63) is 67.0 Å². The monoisotopic (exact) mass is 347 g/mol. The average Bonchev–Trinajstić information content (AvgIpc) is 2.70. The van der Waals surface area contributed by atoms with Crippen molar-refractivity contribution < 1.29 is 0 Å². The van der Waals surface area contributed by atoms with Crippen LogP contribution in [-0.2, 0) is 0 Å². The predicted octanol–water partition coefficient (Wildman–Crippen LogP) is 4.83. The largest absolute Gasteiger partial charge is 0.372 e. The molecule has 5 nitrogen and oxygen atoms in total. The van der Waals surface area contributed by atoms with Gasteiger partial charge in [0.2, 0.25) is 0 Å². The van der Waals surface area contributed by atoms with E-state index in [2.05, 4.69) is 70.4 Å². The highest BCUT2D eigenvalue weighted by Gasteiger charge is 2.07. The summed E-state index contributed by atoms with van der Waals surface area (Å²) in [5.41, 5.74) is 3.32. The van der Waals surface area contributed by atoms with E-state index in [0.717, 1.165) is 36.1 Å². The lowest BCUT2D eigenvalue weighted by molar-refractivity contribution is 0.866. The highest BCUT2D eigenvalue weighted by atomic mass is 15.2. The molecule has 1 N–H and O–H groups in total. The van der Waals surface area contributed by atoms with E-state index < -0.39 is 0 Å². The summed E-state index contributed by atoms with van der Waals surface area (Å²) < 4.78 is 0. The molecule has 0 amide bonds. The number of hydrogen-bond acceptors (Lipinski definition) is 5. The van der Waals surface area contributed by atoms with Crippen molar-refractivity contribution in [1.82, 2.24) is 9.97 Å². The summed E-state index contributed by atoms with van der Waals surface area (Å²) in [4.78, 5) is 13.1. The fraction of sp³-hybridized carbons (Fsp3) is 0.238. The lowest BCUT2D eigenvalue weighted by Crippen LogP contribution is -2.21. The van der Waals surface area contributed by atoms with E-state index >= 15 is 0 Å². The Balaban J connectivity index is 1.75. The van der Waals surface area contributed by atoms with E-state index in [1.54, 1.807) is 6.33 Å². The summed E-state index contributed by atoms with van der Waals surface area (Å²) in [6.45, 7) is 6.34. The van der Waals surface area contributed by atoms with Crippen LogP contribution in [-0.4, -0.2) is 30.1 Å². The number of hydrogen-bond donors (Lipinski definition) is 1. The molecule has 0 aliphatic heterocycles. The molecule has 0 spiro atoms. The molecule has 0 saturated carbocycles. The molecule has 0 saturated heterocycles. The summed E-state index contributed by atoms with van der Waals surface area (Å²) in [6, 6.07) is 20.5. The maximum absolute atomic E-state index is 4.38. The van der Waals surface area contributed by atoms with E-state index in [9.17, 15) is 0 Å². The quantitative estimate of drug-likeness (QED) is 0.663. The van der Waals surface area contributed by atoms with Gasteiger partial charge in [0.1, 0.15) is 18.0 Å². The minimum Gasteiger partial charge on any atom is -0.372 e. The van der Waals surface area contributed by atoms with Crippen LogP contribution in [0.2, 0.25) is 0 Å². The second kappa shape index (κ2) is 8.34. The number of para-hydroxylation sites is 1. The predicted molar refractivity (Wildman–Crippen MR) is 110 cm³/mol. The lowest BCUT2D eigenvalue weighted by atomic mass is 10.2. The number of nitrogens with one attached hydrogen (secondary N) is 1. The first-order valence-corrected chi connectivity index (χ1v) is 8.94. The van der Waals surface area contributed by atoms with Gasteiger partial charge in [0.25, 0.3) is 0 Å². The molecular formula is C21H25N5. The second-order valence-electron chi connectivity index (χ2n) is 6.00. The van der Waals surface area contributed by atoms with Crippen LogP contribution >= 0.6 is 0 Å². The zero-order valence-electron chi connectivity index (χ0n) is 15.6. The van der Waals surface area contributed by atoms with Gasteiger partial charge >= 0.3 is 0 Å². The van der Waals surface area contributed by atoms with E-state index in [4.69, 9.17) is 0 Å². The Bertz CT molecular complexity index is 813. The Hall–Kier alpha value is -3.08. The molecule has 0 fully saturated rings. The molecule has 2 aromatic carbocycles. The van der Waals surface area contributed by atoms with Gasteiger partial charge in [-0.05, 0) is 50.2 Å². The SMILES string of the molecule is CCN(CC)c1ccc(Nc2cc(N(C)c3ccccc3)ncn2)cc1. The van der Waals surface area contributed by atoms with Crippen LogP contribution in [0.3, 0.4) is 0 Å². The number of rotatable bonds is 7. The zero-order valence-corrected chi connectivity index (χ0v) is 15.6. The standard InChI is InChI=1S/C21H25N5/c1-4-26(5-2)19-13-11-17(12-14-19)24-20-15-21(23-16-22-20)25(3)18-9-7-6-8-10-18/h6-16H,4-5H2,1-3H3,(H,22,23,24). The molecule has 1 aromatic heterocycles. The van der Waals surface area contributed by atoms with Crippen molar-refractivity contribution in [2.24, 2.45) is 0 Å². The Morgan fingerprint density at radius 3 is 2.19 bits per heavy atom. The number of anilines is 5. The van der Waals surface area contributed by atoms with Crippen LogP contribution in [0.25, 0.3) is 0 Å². The zero-order chi connectivity index (χ0) is 18.4. The summed E-state index contributed by atoms with van der Waals surface area (Å²) >= 11 is 0. The molecule has 134 valence electrons. The smallest absolute Gasteiger partial charge is 0.138 e. The third-order valence-electron chi connectivity index (χ3n) is 4.41. The van der Waals surface area contributed by atoms with Gasteiger partial charge in [0.05, 0.1) is 0 Å². The number of nitrogens with zero attached hydrogens (tertiary/aromatic N) is 4. The molecule has 0 aliphatic carbocycles. The lowest BCUT2D eigenvalue weighted by Gasteiger charge is -2.21. The van der Waals surface area contributed by atoms with Crippen LogP contribution in [0, 0.1) is 0 Å². The summed E-state index contributed by atoms with van der Waals surface area (Å²) in [6.07, 6.45) is 1.58. The third kappa shape index (κ3) is 4.11. The molecule has 0 bridgehead atoms. The van der Waals surface area contributed by atoms with Crippen molar-refractivity contribution in [2.75, 3.05) is 35.3 Å². The van der Waals surface area contributed by atoms with Crippen molar-refractivity contribution in [3.63, 3.8) is 0 Å². The Kier molecular flexibility index (Phi) is 5.69. The normalized spacial score (nSPS) is 10.4. The molecule has 26 heavy (non-hydrogen) atoms. The molecule has 0 aliphatic rings. The van der Waals surface area contributed by atoms with Crippen molar-refractivity contribution in [2.45, 2.75) is 13.8 Å². The van der Waals surface area contributed by atoms with E-state index in [0.29, 0.717) is 0 Å². The maximum Gasteiger partial charge on any atom is 0.138 e. The number of benzene rings is 2. The van der Waals surface area contributed by atoms with Crippen LogP contribution in [0.15, 0.2) is 67.0 Å². The highest BCUT2D eigenvalue weighted by Crippen LogP contribution is 2.24. The second-order valence-corrected chi connectivity index (χ2v) is 6.00. The molecule has 0 radical (unpaired) electrons. The van der Waals surface area contributed by atoms with Gasteiger partial charge in [-0.3, -0.25) is 0 Å². The molecular weight excluding hydrogens is 322 g/mol. The third-order valence-corrected chi connectivity index (χ3v) is 4.41. The van der Waals surface area contributed by atoms with Gasteiger partial charge in [0, 0.05) is 43.3 Å². The fourth-order valence-electron chi connectivity index (χ4n) is 2.87. The summed E-state index contributed by atoms with van der Waals surface area (Å²) in [5.74, 6) is 1.61. The van der Waals surface area contributed by atoms with Crippen LogP contribution < -0.4 is 15.1 Å². The van der Waals surface area contributed by atoms with Gasteiger partial charge in [-0.25, -0.2) is 9.97 Å². The molecule has 0 unspecified atom stereocenters.